The second-order valence-electron chi connectivity index (χ2n) is 6.25. The van der Waals surface area contributed by atoms with Gasteiger partial charge < -0.3 is 5.11 Å². The van der Waals surface area contributed by atoms with E-state index in [1.165, 1.54) is 0 Å². The molecule has 2 aromatic heterocycles. The first-order valence-corrected chi connectivity index (χ1v) is 8.64. The van der Waals surface area contributed by atoms with Crippen LogP contribution in [0, 0.1) is 5.92 Å². The van der Waals surface area contributed by atoms with Gasteiger partial charge in [-0.1, -0.05) is 42.8 Å². The maximum absolute atomic E-state index is 11.8. The summed E-state index contributed by atoms with van der Waals surface area (Å²) in [5.74, 6) is -1.27. The van der Waals surface area contributed by atoms with Crippen LogP contribution in [0.15, 0.2) is 48.8 Å². The van der Waals surface area contributed by atoms with Crippen molar-refractivity contribution in [3.8, 4) is 11.1 Å². The molecule has 0 bridgehead atoms. The van der Waals surface area contributed by atoms with Crippen LogP contribution in [0.5, 0.6) is 0 Å². The van der Waals surface area contributed by atoms with Crippen LogP contribution in [0.3, 0.4) is 0 Å². The summed E-state index contributed by atoms with van der Waals surface area (Å²) in [5, 5.41) is 23.9. The number of rotatable bonds is 8. The molecule has 1 aromatic carbocycles. The molecular weight excluding hydrogens is 330 g/mol. The van der Waals surface area contributed by atoms with Crippen LogP contribution in [-0.2, 0) is 11.2 Å². The Bertz CT molecular complexity index is 836. The Balaban J connectivity index is 1.91. The van der Waals surface area contributed by atoms with Crippen molar-refractivity contribution in [2.75, 3.05) is 0 Å². The van der Waals surface area contributed by atoms with E-state index in [0.29, 0.717) is 18.7 Å². The lowest BCUT2D eigenvalue weighted by atomic mass is 9.83. The summed E-state index contributed by atoms with van der Waals surface area (Å²) in [6.07, 6.45) is 5.40. The number of H-pyrrole nitrogens is 1. The summed E-state index contributed by atoms with van der Waals surface area (Å²) < 4.78 is 0. The number of aliphatic carboxylic acids is 1. The number of tetrazole rings is 1. The van der Waals surface area contributed by atoms with Crippen molar-refractivity contribution >= 4 is 5.97 Å². The van der Waals surface area contributed by atoms with Crippen LogP contribution in [0.2, 0.25) is 0 Å². The van der Waals surface area contributed by atoms with Crippen LogP contribution in [0.1, 0.15) is 37.1 Å². The summed E-state index contributed by atoms with van der Waals surface area (Å²) in [4.78, 5) is 15.9. The van der Waals surface area contributed by atoms with Gasteiger partial charge in [0.25, 0.3) is 0 Å². The lowest BCUT2D eigenvalue weighted by molar-refractivity contribution is -0.142. The van der Waals surface area contributed by atoms with E-state index >= 15 is 0 Å². The monoisotopic (exact) mass is 351 g/mol. The zero-order chi connectivity index (χ0) is 18.4. The topological polar surface area (TPSA) is 105 Å². The number of aromatic amines is 1. The van der Waals surface area contributed by atoms with Gasteiger partial charge >= 0.3 is 5.97 Å². The fourth-order valence-corrected chi connectivity index (χ4v) is 3.22. The van der Waals surface area contributed by atoms with Crippen molar-refractivity contribution in [3.63, 3.8) is 0 Å². The highest BCUT2D eigenvalue weighted by Gasteiger charge is 2.32. The third kappa shape index (κ3) is 4.11. The summed E-state index contributed by atoms with van der Waals surface area (Å²) >= 11 is 0. The first-order chi connectivity index (χ1) is 12.7. The van der Waals surface area contributed by atoms with Gasteiger partial charge in [-0.3, -0.25) is 9.78 Å². The summed E-state index contributed by atoms with van der Waals surface area (Å²) in [6, 6.07) is 12.0. The molecule has 0 spiro atoms. The number of nitrogens with one attached hydrogen (secondary N) is 1. The highest BCUT2D eigenvalue weighted by atomic mass is 16.4. The number of nitrogens with zero attached hydrogens (tertiary/aromatic N) is 4. The van der Waals surface area contributed by atoms with Crippen molar-refractivity contribution in [1.82, 2.24) is 25.6 Å². The molecule has 7 nitrogen and oxygen atoms in total. The van der Waals surface area contributed by atoms with Crippen LogP contribution in [-0.4, -0.2) is 36.7 Å². The average molecular weight is 351 g/mol. The van der Waals surface area contributed by atoms with Crippen molar-refractivity contribution in [1.29, 1.82) is 0 Å². The predicted molar refractivity (Wildman–Crippen MR) is 96.3 cm³/mol. The standard InChI is InChI=1S/C19H21N5O2/c1-2-4-16(19(25)26)17(18-21-23-24-22-18)12-13-5-3-6-15(11-13)14-7-9-20-10-8-14/h3,5-11,16-17H,2,4,12H2,1H3,(H,25,26)(H,21,22,23,24)/t16-,17-/m0/s1. The highest BCUT2D eigenvalue weighted by Crippen LogP contribution is 2.31. The van der Waals surface area contributed by atoms with E-state index in [4.69, 9.17) is 0 Å². The largest absolute Gasteiger partial charge is 0.481 e. The summed E-state index contributed by atoms with van der Waals surface area (Å²) in [5.41, 5.74) is 3.18. The quantitative estimate of drug-likeness (QED) is 0.646. The van der Waals surface area contributed by atoms with E-state index in [1.54, 1.807) is 12.4 Å². The van der Waals surface area contributed by atoms with Gasteiger partial charge in [-0.15, -0.1) is 10.2 Å². The zero-order valence-electron chi connectivity index (χ0n) is 14.5. The molecule has 0 aliphatic rings. The molecule has 2 N–H and O–H groups in total. The fraction of sp³-hybridized carbons (Fsp3) is 0.316. The Labute approximate surface area is 151 Å². The number of pyridine rings is 1. The minimum Gasteiger partial charge on any atom is -0.481 e. The molecule has 0 saturated carbocycles. The van der Waals surface area contributed by atoms with Crippen LogP contribution < -0.4 is 0 Å². The number of aromatic nitrogens is 5. The Morgan fingerprint density at radius 3 is 2.65 bits per heavy atom. The number of carboxylic acid groups (broad SMARTS) is 1. The molecule has 3 rings (SSSR count). The second-order valence-corrected chi connectivity index (χ2v) is 6.25. The van der Waals surface area contributed by atoms with Crippen molar-refractivity contribution in [2.45, 2.75) is 32.1 Å². The number of carbonyl (C=O) groups is 1. The maximum atomic E-state index is 11.8. The van der Waals surface area contributed by atoms with Crippen LogP contribution in [0.25, 0.3) is 11.1 Å². The molecule has 0 unspecified atom stereocenters. The van der Waals surface area contributed by atoms with Gasteiger partial charge in [-0.05, 0) is 41.7 Å². The molecule has 3 aromatic rings. The van der Waals surface area contributed by atoms with Crippen molar-refractivity contribution in [2.24, 2.45) is 5.92 Å². The first-order valence-electron chi connectivity index (χ1n) is 8.64. The van der Waals surface area contributed by atoms with Crippen molar-refractivity contribution < 1.29 is 9.90 Å². The fourth-order valence-electron chi connectivity index (χ4n) is 3.22. The first kappa shape index (κ1) is 17.7. The van der Waals surface area contributed by atoms with Gasteiger partial charge in [-0.2, -0.15) is 5.21 Å². The van der Waals surface area contributed by atoms with E-state index in [-0.39, 0.29) is 5.92 Å². The minimum absolute atomic E-state index is 0.334. The Morgan fingerprint density at radius 2 is 2.00 bits per heavy atom. The average Bonchev–Trinajstić information content (AvgIpc) is 3.20. The van der Waals surface area contributed by atoms with E-state index in [1.807, 2.05) is 37.3 Å². The Hall–Kier alpha value is -3.09. The molecule has 0 radical (unpaired) electrons. The van der Waals surface area contributed by atoms with Gasteiger partial charge in [0.05, 0.1) is 5.92 Å². The van der Waals surface area contributed by atoms with Crippen molar-refractivity contribution in [3.05, 3.63) is 60.2 Å². The summed E-state index contributed by atoms with van der Waals surface area (Å²) in [6.45, 7) is 1.98. The molecule has 0 aliphatic carbocycles. The van der Waals surface area contributed by atoms with Crippen LogP contribution in [0.4, 0.5) is 0 Å². The number of carboxylic acids is 1. The Morgan fingerprint density at radius 1 is 1.19 bits per heavy atom. The molecule has 0 aliphatic heterocycles. The van der Waals surface area contributed by atoms with E-state index in [0.717, 1.165) is 23.1 Å². The number of hydrogen-bond donors (Lipinski definition) is 2. The third-order valence-electron chi connectivity index (χ3n) is 4.49. The molecular formula is C19H21N5O2. The molecule has 7 heteroatoms. The lowest BCUT2D eigenvalue weighted by Crippen LogP contribution is -2.25. The van der Waals surface area contributed by atoms with Crippen LogP contribution >= 0.6 is 0 Å². The Kier molecular flexibility index (Phi) is 5.68. The van der Waals surface area contributed by atoms with E-state index < -0.39 is 11.9 Å². The van der Waals surface area contributed by atoms with E-state index in [9.17, 15) is 9.90 Å². The second kappa shape index (κ2) is 8.33. The SMILES string of the molecule is CCC[C@H](C(=O)O)[C@H](Cc1cccc(-c2ccncc2)c1)c1nn[nH]n1. The summed E-state index contributed by atoms with van der Waals surface area (Å²) in [7, 11) is 0. The molecule has 134 valence electrons. The third-order valence-corrected chi connectivity index (χ3v) is 4.49. The number of benzene rings is 1. The molecule has 2 atom stereocenters. The lowest BCUT2D eigenvalue weighted by Gasteiger charge is -2.21. The maximum Gasteiger partial charge on any atom is 0.307 e. The highest BCUT2D eigenvalue weighted by molar-refractivity contribution is 5.71. The van der Waals surface area contributed by atoms with Gasteiger partial charge in [0.2, 0.25) is 0 Å². The zero-order valence-corrected chi connectivity index (χ0v) is 14.5. The minimum atomic E-state index is -0.827. The van der Waals surface area contributed by atoms with Gasteiger partial charge in [0, 0.05) is 18.3 Å². The normalized spacial score (nSPS) is 13.3. The molecule has 0 fully saturated rings. The smallest absolute Gasteiger partial charge is 0.307 e. The molecule has 26 heavy (non-hydrogen) atoms. The van der Waals surface area contributed by atoms with E-state index in [2.05, 4.69) is 31.7 Å². The number of hydrogen-bond acceptors (Lipinski definition) is 5. The molecule has 0 amide bonds. The molecule has 0 saturated heterocycles. The van der Waals surface area contributed by atoms with Gasteiger partial charge in [-0.25, -0.2) is 0 Å². The predicted octanol–water partition coefficient (Wildman–Crippen LogP) is 3.09. The molecule has 2 heterocycles. The van der Waals surface area contributed by atoms with Gasteiger partial charge in [0.15, 0.2) is 5.82 Å². The van der Waals surface area contributed by atoms with Gasteiger partial charge in [0.1, 0.15) is 0 Å².